The molecule has 1 aromatic heterocycles. The van der Waals surface area contributed by atoms with E-state index in [0.717, 1.165) is 48.6 Å². The van der Waals surface area contributed by atoms with Crippen LogP contribution < -0.4 is 4.90 Å². The van der Waals surface area contributed by atoms with Crippen LogP contribution in [0.4, 0.5) is 5.69 Å². The molecule has 30 heavy (non-hydrogen) atoms. The van der Waals surface area contributed by atoms with Crippen molar-refractivity contribution in [3.63, 3.8) is 0 Å². The van der Waals surface area contributed by atoms with Crippen LogP contribution in [0.1, 0.15) is 31.2 Å². The van der Waals surface area contributed by atoms with Crippen molar-refractivity contribution >= 4 is 23.2 Å². The van der Waals surface area contributed by atoms with Gasteiger partial charge in [0, 0.05) is 36.9 Å². The summed E-state index contributed by atoms with van der Waals surface area (Å²) >= 11 is 6.17. The van der Waals surface area contributed by atoms with Gasteiger partial charge in [0.1, 0.15) is 6.54 Å². The predicted octanol–water partition coefficient (Wildman–Crippen LogP) is 2.22. The number of aryl methyl sites for hydroxylation is 1. The van der Waals surface area contributed by atoms with E-state index in [1.165, 1.54) is 18.4 Å². The number of likely N-dealkylation sites (tertiary alicyclic amines) is 1. The second-order valence-electron chi connectivity index (χ2n) is 8.51. The van der Waals surface area contributed by atoms with Crippen LogP contribution in [0.25, 0.3) is 0 Å². The van der Waals surface area contributed by atoms with Crippen molar-refractivity contribution in [2.24, 2.45) is 5.92 Å². The smallest absolute Gasteiger partial charge is 0.244 e. The highest BCUT2D eigenvalue weighted by molar-refractivity contribution is 6.30. The third-order valence-corrected chi connectivity index (χ3v) is 6.51. The summed E-state index contributed by atoms with van der Waals surface area (Å²) in [7, 11) is 0. The zero-order valence-electron chi connectivity index (χ0n) is 17.8. The summed E-state index contributed by atoms with van der Waals surface area (Å²) in [5, 5.41) is 12.8. The number of carbonyl (C=O) groups is 1. The van der Waals surface area contributed by atoms with Crippen LogP contribution in [0.3, 0.4) is 0 Å². The highest BCUT2D eigenvalue weighted by Crippen LogP contribution is 2.25. The third kappa shape index (κ3) is 4.92. The van der Waals surface area contributed by atoms with Crippen LogP contribution in [0, 0.1) is 12.8 Å². The van der Waals surface area contributed by atoms with E-state index < -0.39 is 0 Å². The summed E-state index contributed by atoms with van der Waals surface area (Å²) in [5.74, 6) is 1.62. The van der Waals surface area contributed by atoms with Crippen LogP contribution >= 0.6 is 11.6 Å². The van der Waals surface area contributed by atoms with Crippen molar-refractivity contribution in [2.75, 3.05) is 44.2 Å². The molecule has 0 aliphatic carbocycles. The van der Waals surface area contributed by atoms with Crippen LogP contribution in [0.5, 0.6) is 0 Å². The van der Waals surface area contributed by atoms with E-state index in [2.05, 4.69) is 39.2 Å². The van der Waals surface area contributed by atoms with E-state index >= 15 is 0 Å². The Labute approximate surface area is 182 Å². The number of carbonyl (C=O) groups excluding carboxylic acids is 1. The fourth-order valence-electron chi connectivity index (χ4n) is 4.23. The van der Waals surface area contributed by atoms with Gasteiger partial charge >= 0.3 is 0 Å². The molecule has 1 aromatic carbocycles. The first-order valence-electron chi connectivity index (χ1n) is 10.8. The average Bonchev–Trinajstić information content (AvgIpc) is 3.18. The fourth-order valence-corrected chi connectivity index (χ4v) is 4.39. The molecule has 2 aromatic rings. The molecular formula is C21H30ClN7O. The van der Waals surface area contributed by atoms with Crippen molar-refractivity contribution in [3.8, 4) is 0 Å². The first kappa shape index (κ1) is 21.1. The predicted molar refractivity (Wildman–Crippen MR) is 116 cm³/mol. The van der Waals surface area contributed by atoms with Crippen molar-refractivity contribution < 1.29 is 4.79 Å². The molecule has 2 aliphatic heterocycles. The number of hydrogen-bond donors (Lipinski definition) is 0. The van der Waals surface area contributed by atoms with Gasteiger partial charge < -0.3 is 9.80 Å². The quantitative estimate of drug-likeness (QED) is 0.722. The molecule has 8 nitrogen and oxygen atoms in total. The Balaban J connectivity index is 1.31. The van der Waals surface area contributed by atoms with E-state index in [-0.39, 0.29) is 12.5 Å². The first-order chi connectivity index (χ1) is 14.5. The lowest BCUT2D eigenvalue weighted by Crippen LogP contribution is -2.50. The molecule has 0 bridgehead atoms. The lowest BCUT2D eigenvalue weighted by atomic mass is 9.99. The summed E-state index contributed by atoms with van der Waals surface area (Å²) in [6.07, 6.45) is 2.41. The summed E-state index contributed by atoms with van der Waals surface area (Å²) < 4.78 is 1.66. The Morgan fingerprint density at radius 3 is 2.60 bits per heavy atom. The van der Waals surface area contributed by atoms with E-state index in [0.29, 0.717) is 19.6 Å². The van der Waals surface area contributed by atoms with Gasteiger partial charge in [-0.25, -0.2) is 4.68 Å². The van der Waals surface area contributed by atoms with E-state index in [4.69, 9.17) is 11.6 Å². The molecule has 0 saturated carbocycles. The van der Waals surface area contributed by atoms with Crippen molar-refractivity contribution in [1.82, 2.24) is 30.0 Å². The molecule has 9 heteroatoms. The number of piperazine rings is 1. The Morgan fingerprint density at radius 1 is 1.13 bits per heavy atom. The number of amides is 1. The topological polar surface area (TPSA) is 70.4 Å². The second-order valence-corrected chi connectivity index (χ2v) is 8.95. The van der Waals surface area contributed by atoms with Crippen LogP contribution in [-0.2, 0) is 17.9 Å². The lowest BCUT2D eigenvalue weighted by Gasteiger charge is -2.37. The monoisotopic (exact) mass is 431 g/mol. The normalized spacial score (nSPS) is 18.8. The number of aromatic nitrogens is 4. The Bertz CT molecular complexity index is 870. The second kappa shape index (κ2) is 9.31. The summed E-state index contributed by atoms with van der Waals surface area (Å²) in [4.78, 5) is 19.5. The minimum Gasteiger partial charge on any atom is -0.368 e. The van der Waals surface area contributed by atoms with E-state index in [1.54, 1.807) is 4.68 Å². The van der Waals surface area contributed by atoms with Gasteiger partial charge in [-0.3, -0.25) is 9.69 Å². The largest absolute Gasteiger partial charge is 0.368 e. The fraction of sp³-hybridized carbons (Fsp3) is 0.619. The summed E-state index contributed by atoms with van der Waals surface area (Å²) in [6.45, 7) is 10.4. The van der Waals surface area contributed by atoms with Gasteiger partial charge in [-0.15, -0.1) is 5.10 Å². The first-order valence-corrected chi connectivity index (χ1v) is 11.1. The van der Waals surface area contributed by atoms with Crippen LogP contribution in [-0.4, -0.2) is 75.2 Å². The summed E-state index contributed by atoms with van der Waals surface area (Å²) in [5.41, 5.74) is 2.35. The van der Waals surface area contributed by atoms with E-state index in [1.807, 2.05) is 23.1 Å². The molecule has 1 amide bonds. The van der Waals surface area contributed by atoms with Gasteiger partial charge in [-0.1, -0.05) is 24.6 Å². The highest BCUT2D eigenvalue weighted by Gasteiger charge is 2.24. The maximum absolute atomic E-state index is 12.9. The Morgan fingerprint density at radius 2 is 1.87 bits per heavy atom. The molecule has 0 N–H and O–H groups in total. The van der Waals surface area contributed by atoms with Gasteiger partial charge in [-0.05, 0) is 66.9 Å². The summed E-state index contributed by atoms with van der Waals surface area (Å²) in [6, 6.07) is 5.95. The number of tetrazole rings is 1. The van der Waals surface area contributed by atoms with Crippen molar-refractivity contribution in [1.29, 1.82) is 0 Å². The molecule has 0 spiro atoms. The van der Waals surface area contributed by atoms with Gasteiger partial charge in [0.05, 0.1) is 6.54 Å². The molecule has 162 valence electrons. The number of piperidine rings is 1. The standard InChI is InChI=1S/C21H30ClN7O/c1-16-5-7-26(8-6-16)14-20-23-24-25-29(20)15-21(30)28-11-9-27(10-12-28)19-13-18(22)4-3-17(19)2/h3-4,13,16H,5-12,14-15H2,1-2H3. The average molecular weight is 432 g/mol. The van der Waals surface area contributed by atoms with Gasteiger partial charge in [-0.2, -0.15) is 0 Å². The third-order valence-electron chi connectivity index (χ3n) is 6.28. The van der Waals surface area contributed by atoms with E-state index in [9.17, 15) is 4.79 Å². The van der Waals surface area contributed by atoms with Gasteiger partial charge in [0.25, 0.3) is 0 Å². The molecular weight excluding hydrogens is 402 g/mol. The Kier molecular flexibility index (Phi) is 6.53. The minimum atomic E-state index is 0.0679. The minimum absolute atomic E-state index is 0.0679. The van der Waals surface area contributed by atoms with Crippen molar-refractivity contribution in [2.45, 2.75) is 39.8 Å². The van der Waals surface area contributed by atoms with Crippen molar-refractivity contribution in [3.05, 3.63) is 34.6 Å². The molecule has 0 atom stereocenters. The highest BCUT2D eigenvalue weighted by atomic mass is 35.5. The molecule has 0 unspecified atom stereocenters. The van der Waals surface area contributed by atoms with Crippen LogP contribution in [0.15, 0.2) is 18.2 Å². The molecule has 4 rings (SSSR count). The maximum atomic E-state index is 12.9. The number of rotatable bonds is 5. The van der Waals surface area contributed by atoms with Gasteiger partial charge in [0.2, 0.25) is 5.91 Å². The lowest BCUT2D eigenvalue weighted by molar-refractivity contribution is -0.132. The number of hydrogen-bond acceptors (Lipinski definition) is 6. The Hall–Kier alpha value is -2.19. The SMILES string of the molecule is Cc1ccc(Cl)cc1N1CCN(C(=O)Cn2nnnc2CN2CCC(C)CC2)CC1. The molecule has 2 fully saturated rings. The zero-order chi connectivity index (χ0) is 21.1. The number of nitrogens with zero attached hydrogens (tertiary/aromatic N) is 7. The number of benzene rings is 1. The molecule has 2 aliphatic rings. The van der Waals surface area contributed by atoms with Gasteiger partial charge in [0.15, 0.2) is 5.82 Å². The number of anilines is 1. The maximum Gasteiger partial charge on any atom is 0.244 e. The molecule has 3 heterocycles. The zero-order valence-corrected chi connectivity index (χ0v) is 18.6. The number of halogens is 1. The molecule has 2 saturated heterocycles. The van der Waals surface area contributed by atoms with Crippen LogP contribution in [0.2, 0.25) is 5.02 Å². The molecule has 0 radical (unpaired) electrons.